The summed E-state index contributed by atoms with van der Waals surface area (Å²) in [4.78, 5) is 25.2. The van der Waals surface area contributed by atoms with E-state index in [1.807, 2.05) is 4.90 Å². The number of aliphatic hydroxyl groups excluding tert-OH is 1. The van der Waals surface area contributed by atoms with Crippen LogP contribution in [0, 0.1) is 24.7 Å². The number of rotatable bonds is 14. The molecule has 134 valence electrons. The highest BCUT2D eigenvalue weighted by Gasteiger charge is 2.12. The molecule has 0 aliphatic rings. The molecule has 0 rings (SSSR count). The summed E-state index contributed by atoms with van der Waals surface area (Å²) in [5, 5.41) is 8.86. The van der Waals surface area contributed by atoms with Crippen molar-refractivity contribution in [3.63, 3.8) is 0 Å². The summed E-state index contributed by atoms with van der Waals surface area (Å²) in [6.07, 6.45) is 12.9. The Morgan fingerprint density at radius 1 is 0.875 bits per heavy atom. The second-order valence-electron chi connectivity index (χ2n) is 5.12. The van der Waals surface area contributed by atoms with Crippen LogP contribution in [0.1, 0.15) is 38.5 Å². The number of hydrogen-bond acceptors (Lipinski definition) is 6. The molecule has 1 N–H and O–H groups in total. The number of nitrogens with zero attached hydrogens (tertiary/aromatic N) is 1. The van der Waals surface area contributed by atoms with Crippen LogP contribution in [0.5, 0.6) is 0 Å². The molecule has 6 nitrogen and oxygen atoms in total. The molecule has 0 atom stereocenters. The Labute approximate surface area is 144 Å². The highest BCUT2D eigenvalue weighted by atomic mass is 16.5. The lowest BCUT2D eigenvalue weighted by Gasteiger charge is -2.21. The van der Waals surface area contributed by atoms with E-state index in [2.05, 4.69) is 11.8 Å². The van der Waals surface area contributed by atoms with Crippen LogP contribution in [-0.2, 0) is 19.1 Å². The Morgan fingerprint density at radius 2 is 1.38 bits per heavy atom. The van der Waals surface area contributed by atoms with Crippen molar-refractivity contribution in [1.82, 2.24) is 4.90 Å². The van der Waals surface area contributed by atoms with E-state index in [1.165, 1.54) is 0 Å². The molecule has 0 aliphatic carbocycles. The molecule has 0 aromatic carbocycles. The number of carbonyl (C=O) groups is 2. The summed E-state index contributed by atoms with van der Waals surface area (Å²) in [5.41, 5.74) is 0. The molecular formula is C18H27NO5. The molecule has 0 fully saturated rings. The van der Waals surface area contributed by atoms with Crippen molar-refractivity contribution in [1.29, 1.82) is 0 Å². The van der Waals surface area contributed by atoms with Crippen LogP contribution in [0.25, 0.3) is 0 Å². The van der Waals surface area contributed by atoms with Gasteiger partial charge in [-0.05, 0) is 19.4 Å². The summed E-state index contributed by atoms with van der Waals surface area (Å²) in [7, 11) is 0. The van der Waals surface area contributed by atoms with Gasteiger partial charge in [0.15, 0.2) is 0 Å². The Morgan fingerprint density at radius 3 is 1.79 bits per heavy atom. The van der Waals surface area contributed by atoms with Gasteiger partial charge in [-0.1, -0.05) is 0 Å². The molecule has 0 heterocycles. The molecule has 0 saturated heterocycles. The lowest BCUT2D eigenvalue weighted by molar-refractivity contribution is -0.143. The molecule has 0 aliphatic heterocycles. The fourth-order valence-electron chi connectivity index (χ4n) is 1.87. The van der Waals surface area contributed by atoms with Gasteiger partial charge < -0.3 is 19.5 Å². The minimum absolute atomic E-state index is 0.121. The Kier molecular flexibility index (Phi) is 14.5. The molecule has 0 bridgehead atoms. The summed E-state index contributed by atoms with van der Waals surface area (Å²) in [5.74, 6) is 4.18. The summed E-state index contributed by atoms with van der Waals surface area (Å²) in [6, 6.07) is 0. The van der Waals surface area contributed by atoms with Crippen molar-refractivity contribution in [2.75, 3.05) is 39.5 Å². The Balaban J connectivity index is 4.12. The van der Waals surface area contributed by atoms with Gasteiger partial charge in [-0.25, -0.2) is 0 Å². The van der Waals surface area contributed by atoms with E-state index < -0.39 is 0 Å². The van der Waals surface area contributed by atoms with Gasteiger partial charge in [0.05, 0.1) is 12.8 Å². The lowest BCUT2D eigenvalue weighted by atomic mass is 10.2. The van der Waals surface area contributed by atoms with Crippen molar-refractivity contribution in [2.45, 2.75) is 38.5 Å². The predicted molar refractivity (Wildman–Crippen MR) is 90.8 cm³/mol. The van der Waals surface area contributed by atoms with E-state index in [-0.39, 0.29) is 44.6 Å². The predicted octanol–water partition coefficient (Wildman–Crippen LogP) is 0.974. The van der Waals surface area contributed by atoms with Gasteiger partial charge >= 0.3 is 11.9 Å². The van der Waals surface area contributed by atoms with Crippen LogP contribution < -0.4 is 0 Å². The smallest absolute Gasteiger partial charge is 0.307 e. The third-order valence-electron chi connectivity index (χ3n) is 3.17. The zero-order valence-corrected chi connectivity index (χ0v) is 14.2. The highest BCUT2D eigenvalue weighted by Crippen LogP contribution is 2.02. The number of ether oxygens (including phenoxy) is 2. The van der Waals surface area contributed by atoms with Gasteiger partial charge in [0, 0.05) is 32.5 Å². The molecular weight excluding hydrogens is 310 g/mol. The Bertz CT molecular complexity index is 400. The second kappa shape index (κ2) is 15.9. The minimum Gasteiger partial charge on any atom is -0.465 e. The second-order valence-corrected chi connectivity index (χ2v) is 5.12. The van der Waals surface area contributed by atoms with Crippen LogP contribution in [0.3, 0.4) is 0 Å². The van der Waals surface area contributed by atoms with Crippen molar-refractivity contribution in [3.8, 4) is 24.7 Å². The first-order valence-corrected chi connectivity index (χ1v) is 8.15. The molecule has 0 aromatic rings. The van der Waals surface area contributed by atoms with Gasteiger partial charge in [0.1, 0.15) is 13.2 Å². The van der Waals surface area contributed by atoms with Crippen LogP contribution in [0.15, 0.2) is 0 Å². The first-order valence-electron chi connectivity index (χ1n) is 8.15. The lowest BCUT2D eigenvalue weighted by Crippen LogP contribution is -2.31. The van der Waals surface area contributed by atoms with Gasteiger partial charge in [0.2, 0.25) is 0 Å². The number of esters is 2. The molecule has 0 amide bonds. The SMILES string of the molecule is C#CCCOC(=O)CCN(CCCCO)CCC(=O)OCCC#C. The minimum atomic E-state index is -0.311. The quantitative estimate of drug-likeness (QED) is 0.289. The summed E-state index contributed by atoms with van der Waals surface area (Å²) in [6.45, 7) is 2.23. The van der Waals surface area contributed by atoms with Gasteiger partial charge in [-0.2, -0.15) is 0 Å². The summed E-state index contributed by atoms with van der Waals surface area (Å²) < 4.78 is 9.98. The van der Waals surface area contributed by atoms with Crippen molar-refractivity contribution in [2.24, 2.45) is 0 Å². The van der Waals surface area contributed by atoms with Crippen molar-refractivity contribution >= 4 is 11.9 Å². The topological polar surface area (TPSA) is 76.1 Å². The van der Waals surface area contributed by atoms with Gasteiger partial charge in [0.25, 0.3) is 0 Å². The van der Waals surface area contributed by atoms with E-state index in [0.717, 1.165) is 6.42 Å². The first-order chi connectivity index (χ1) is 11.6. The number of aliphatic hydroxyl groups is 1. The van der Waals surface area contributed by atoms with E-state index in [4.69, 9.17) is 27.4 Å². The van der Waals surface area contributed by atoms with Gasteiger partial charge in [-0.15, -0.1) is 24.7 Å². The average molecular weight is 337 g/mol. The van der Waals surface area contributed by atoms with E-state index >= 15 is 0 Å². The molecule has 0 saturated carbocycles. The van der Waals surface area contributed by atoms with E-state index in [0.29, 0.717) is 38.9 Å². The fraction of sp³-hybridized carbons (Fsp3) is 0.667. The van der Waals surface area contributed by atoms with Crippen LogP contribution in [0.2, 0.25) is 0 Å². The Hall–Kier alpha value is -2.02. The van der Waals surface area contributed by atoms with Gasteiger partial charge in [-0.3, -0.25) is 9.59 Å². The third-order valence-corrected chi connectivity index (χ3v) is 3.17. The standard InChI is InChI=1S/C18H27NO5/c1-3-5-15-23-17(21)9-12-19(11-7-8-14-20)13-10-18(22)24-16-6-4-2/h1-2,20H,5-16H2. The average Bonchev–Trinajstić information content (AvgIpc) is 2.57. The normalized spacial score (nSPS) is 10.0. The highest BCUT2D eigenvalue weighted by molar-refractivity contribution is 5.70. The van der Waals surface area contributed by atoms with E-state index in [9.17, 15) is 9.59 Å². The molecule has 0 spiro atoms. The molecule has 0 unspecified atom stereocenters. The largest absolute Gasteiger partial charge is 0.465 e. The molecule has 0 aromatic heterocycles. The maximum Gasteiger partial charge on any atom is 0.307 e. The number of terminal acetylenes is 2. The molecule has 6 heteroatoms. The maximum atomic E-state index is 11.6. The molecule has 24 heavy (non-hydrogen) atoms. The van der Waals surface area contributed by atoms with Crippen LogP contribution in [0.4, 0.5) is 0 Å². The summed E-state index contributed by atoms with van der Waals surface area (Å²) >= 11 is 0. The van der Waals surface area contributed by atoms with E-state index in [1.54, 1.807) is 0 Å². The van der Waals surface area contributed by atoms with Crippen LogP contribution in [-0.4, -0.2) is 61.4 Å². The number of hydrogen-bond donors (Lipinski definition) is 1. The number of unbranched alkanes of at least 4 members (excludes halogenated alkanes) is 1. The van der Waals surface area contributed by atoms with Crippen molar-refractivity contribution in [3.05, 3.63) is 0 Å². The van der Waals surface area contributed by atoms with Crippen molar-refractivity contribution < 1.29 is 24.2 Å². The monoisotopic (exact) mass is 337 g/mol. The zero-order chi connectivity index (χ0) is 18.0. The number of carbonyl (C=O) groups excluding carboxylic acids is 2. The maximum absolute atomic E-state index is 11.6. The van der Waals surface area contributed by atoms with Crippen LogP contribution >= 0.6 is 0 Å². The zero-order valence-electron chi connectivity index (χ0n) is 14.2. The third kappa shape index (κ3) is 13.6. The fourth-order valence-corrected chi connectivity index (χ4v) is 1.87. The first kappa shape index (κ1) is 22.0. The molecule has 0 radical (unpaired) electrons.